The molecule has 0 atom stereocenters. The standard InChI is InChI=1S/C14H15ClN4/c1-2-11-9-8-16-7-5-12(9)19-14(18-11)13-10(15)4-3-6-17-13/h3-4,6,16H,2,5,7-8H2,1H3. The lowest BCUT2D eigenvalue weighted by Crippen LogP contribution is -2.26. The summed E-state index contributed by atoms with van der Waals surface area (Å²) in [6, 6.07) is 3.63. The minimum absolute atomic E-state index is 0.596. The van der Waals surface area contributed by atoms with Crippen molar-refractivity contribution in [3.8, 4) is 11.5 Å². The van der Waals surface area contributed by atoms with E-state index in [4.69, 9.17) is 11.6 Å². The van der Waals surface area contributed by atoms with E-state index in [1.54, 1.807) is 6.20 Å². The summed E-state index contributed by atoms with van der Waals surface area (Å²) >= 11 is 6.18. The zero-order valence-electron chi connectivity index (χ0n) is 10.8. The van der Waals surface area contributed by atoms with Gasteiger partial charge < -0.3 is 5.32 Å². The van der Waals surface area contributed by atoms with Crippen LogP contribution in [0.4, 0.5) is 0 Å². The molecule has 1 aliphatic rings. The first-order valence-electron chi connectivity index (χ1n) is 6.50. The number of halogens is 1. The van der Waals surface area contributed by atoms with Crippen LogP contribution in [0, 0.1) is 0 Å². The van der Waals surface area contributed by atoms with Gasteiger partial charge in [-0.1, -0.05) is 18.5 Å². The van der Waals surface area contributed by atoms with Gasteiger partial charge in [0.2, 0.25) is 0 Å². The second kappa shape index (κ2) is 5.23. The molecule has 3 rings (SSSR count). The Bertz CT molecular complexity index is 595. The van der Waals surface area contributed by atoms with Gasteiger partial charge in [-0.15, -0.1) is 0 Å². The summed E-state index contributed by atoms with van der Waals surface area (Å²) in [6.07, 6.45) is 3.55. The number of rotatable bonds is 2. The molecule has 1 N–H and O–H groups in total. The molecule has 0 saturated heterocycles. The number of nitrogens with zero attached hydrogens (tertiary/aromatic N) is 3. The molecule has 5 heteroatoms. The Balaban J connectivity index is 2.15. The molecule has 0 amide bonds. The van der Waals surface area contributed by atoms with E-state index in [1.165, 1.54) is 5.56 Å². The highest BCUT2D eigenvalue weighted by molar-refractivity contribution is 6.32. The van der Waals surface area contributed by atoms with E-state index >= 15 is 0 Å². The lowest BCUT2D eigenvalue weighted by atomic mass is 10.0. The minimum atomic E-state index is 0.596. The molecule has 98 valence electrons. The van der Waals surface area contributed by atoms with Crippen LogP contribution in [0.3, 0.4) is 0 Å². The number of hydrogen-bond acceptors (Lipinski definition) is 4. The van der Waals surface area contributed by atoms with Crippen LogP contribution in [0.25, 0.3) is 11.5 Å². The number of hydrogen-bond donors (Lipinski definition) is 1. The molecule has 0 aromatic carbocycles. The van der Waals surface area contributed by atoms with Gasteiger partial charge in [0.15, 0.2) is 5.82 Å². The zero-order valence-corrected chi connectivity index (χ0v) is 11.5. The van der Waals surface area contributed by atoms with Crippen molar-refractivity contribution in [3.05, 3.63) is 40.3 Å². The van der Waals surface area contributed by atoms with E-state index in [9.17, 15) is 0 Å². The third-order valence-electron chi connectivity index (χ3n) is 3.32. The molecule has 0 bridgehead atoms. The second-order valence-corrected chi connectivity index (χ2v) is 4.94. The fraction of sp³-hybridized carbons (Fsp3) is 0.357. The van der Waals surface area contributed by atoms with Crippen LogP contribution in [-0.4, -0.2) is 21.5 Å². The van der Waals surface area contributed by atoms with Crippen molar-refractivity contribution >= 4 is 11.6 Å². The van der Waals surface area contributed by atoms with Crippen molar-refractivity contribution in [1.82, 2.24) is 20.3 Å². The largest absolute Gasteiger partial charge is 0.312 e. The van der Waals surface area contributed by atoms with Gasteiger partial charge in [0.1, 0.15) is 5.69 Å². The molecule has 0 aliphatic carbocycles. The maximum atomic E-state index is 6.18. The van der Waals surface area contributed by atoms with Crippen LogP contribution in [-0.2, 0) is 19.4 Å². The van der Waals surface area contributed by atoms with Gasteiger partial charge in [0.05, 0.1) is 10.7 Å². The molecule has 0 saturated carbocycles. The summed E-state index contributed by atoms with van der Waals surface area (Å²) in [5.41, 5.74) is 4.13. The van der Waals surface area contributed by atoms with Crippen LogP contribution < -0.4 is 5.32 Å². The highest BCUT2D eigenvalue weighted by atomic mass is 35.5. The predicted molar refractivity (Wildman–Crippen MR) is 75.1 cm³/mol. The van der Waals surface area contributed by atoms with Crippen molar-refractivity contribution < 1.29 is 0 Å². The average molecular weight is 275 g/mol. The van der Waals surface area contributed by atoms with E-state index in [2.05, 4.69) is 27.2 Å². The van der Waals surface area contributed by atoms with Gasteiger partial charge in [-0.25, -0.2) is 9.97 Å². The number of fused-ring (bicyclic) bond motifs is 1. The summed E-state index contributed by atoms with van der Waals surface area (Å²) in [5.74, 6) is 0.642. The van der Waals surface area contributed by atoms with Crippen molar-refractivity contribution in [1.29, 1.82) is 0 Å². The summed E-state index contributed by atoms with van der Waals surface area (Å²) in [7, 11) is 0. The first kappa shape index (κ1) is 12.5. The van der Waals surface area contributed by atoms with Crippen LogP contribution in [0.2, 0.25) is 5.02 Å². The van der Waals surface area contributed by atoms with Crippen LogP contribution in [0.5, 0.6) is 0 Å². The molecular formula is C14H15ClN4. The molecule has 19 heavy (non-hydrogen) atoms. The molecule has 0 spiro atoms. The number of aryl methyl sites for hydroxylation is 1. The zero-order chi connectivity index (χ0) is 13.2. The number of pyridine rings is 1. The van der Waals surface area contributed by atoms with E-state index in [0.29, 0.717) is 16.5 Å². The lowest BCUT2D eigenvalue weighted by Gasteiger charge is -2.19. The van der Waals surface area contributed by atoms with E-state index in [-0.39, 0.29) is 0 Å². The van der Waals surface area contributed by atoms with Crippen LogP contribution in [0.1, 0.15) is 23.9 Å². The average Bonchev–Trinajstić information content (AvgIpc) is 2.46. The minimum Gasteiger partial charge on any atom is -0.312 e. The van der Waals surface area contributed by atoms with Crippen molar-refractivity contribution in [2.45, 2.75) is 26.3 Å². The fourth-order valence-electron chi connectivity index (χ4n) is 2.36. The van der Waals surface area contributed by atoms with Crippen LogP contribution in [0.15, 0.2) is 18.3 Å². The molecule has 2 aromatic rings. The lowest BCUT2D eigenvalue weighted by molar-refractivity contribution is 0.618. The van der Waals surface area contributed by atoms with E-state index < -0.39 is 0 Å². The summed E-state index contributed by atoms with van der Waals surface area (Å²) < 4.78 is 0. The number of nitrogens with one attached hydrogen (secondary N) is 1. The highest BCUT2D eigenvalue weighted by Gasteiger charge is 2.18. The summed E-state index contributed by atoms with van der Waals surface area (Å²) in [5, 5.41) is 3.96. The molecular weight excluding hydrogens is 260 g/mol. The SMILES string of the molecule is CCc1nc(-c2ncccc2Cl)nc2c1CNCC2. The monoisotopic (exact) mass is 274 g/mol. The van der Waals surface area contributed by atoms with E-state index in [1.807, 2.05) is 12.1 Å². The molecule has 2 aromatic heterocycles. The Morgan fingerprint density at radius 3 is 3.05 bits per heavy atom. The van der Waals surface area contributed by atoms with Gasteiger partial charge in [-0.3, -0.25) is 4.98 Å². The maximum Gasteiger partial charge on any atom is 0.180 e. The van der Waals surface area contributed by atoms with Gasteiger partial charge in [0.25, 0.3) is 0 Å². The molecule has 1 aliphatic heterocycles. The van der Waals surface area contributed by atoms with Crippen molar-refractivity contribution in [2.75, 3.05) is 6.54 Å². The molecule has 3 heterocycles. The van der Waals surface area contributed by atoms with E-state index in [0.717, 1.165) is 37.3 Å². The van der Waals surface area contributed by atoms with Crippen molar-refractivity contribution in [3.63, 3.8) is 0 Å². The van der Waals surface area contributed by atoms with Gasteiger partial charge in [-0.2, -0.15) is 0 Å². The Kier molecular flexibility index (Phi) is 3.44. The Hall–Kier alpha value is -1.52. The third kappa shape index (κ3) is 2.33. The molecule has 0 fully saturated rings. The Morgan fingerprint density at radius 1 is 1.37 bits per heavy atom. The second-order valence-electron chi connectivity index (χ2n) is 4.53. The molecule has 4 nitrogen and oxygen atoms in total. The molecule has 0 unspecified atom stereocenters. The predicted octanol–water partition coefficient (Wildman–Crippen LogP) is 2.40. The maximum absolute atomic E-state index is 6.18. The first-order chi connectivity index (χ1) is 9.29. The first-order valence-corrected chi connectivity index (χ1v) is 6.87. The Morgan fingerprint density at radius 2 is 2.26 bits per heavy atom. The van der Waals surface area contributed by atoms with Gasteiger partial charge in [0, 0.05) is 37.0 Å². The van der Waals surface area contributed by atoms with Gasteiger partial charge >= 0.3 is 0 Å². The highest BCUT2D eigenvalue weighted by Crippen LogP contribution is 2.25. The number of aromatic nitrogens is 3. The third-order valence-corrected chi connectivity index (χ3v) is 3.63. The van der Waals surface area contributed by atoms with Gasteiger partial charge in [-0.05, 0) is 18.6 Å². The summed E-state index contributed by atoms with van der Waals surface area (Å²) in [4.78, 5) is 13.6. The Labute approximate surface area is 117 Å². The normalized spacial score (nSPS) is 14.2. The quantitative estimate of drug-likeness (QED) is 0.914. The smallest absolute Gasteiger partial charge is 0.180 e. The molecule has 0 radical (unpaired) electrons. The fourth-order valence-corrected chi connectivity index (χ4v) is 2.57. The van der Waals surface area contributed by atoms with Crippen LogP contribution >= 0.6 is 11.6 Å². The summed E-state index contributed by atoms with van der Waals surface area (Å²) in [6.45, 7) is 3.93. The van der Waals surface area contributed by atoms with Crippen molar-refractivity contribution in [2.24, 2.45) is 0 Å². The topological polar surface area (TPSA) is 50.7 Å².